The average Bonchev–Trinajstić information content (AvgIpc) is 2.95. The van der Waals surface area contributed by atoms with Crippen LogP contribution >= 0.6 is 11.3 Å². The van der Waals surface area contributed by atoms with Crippen molar-refractivity contribution in [3.05, 3.63) is 29.1 Å². The number of benzene rings is 1. The second-order valence-electron chi connectivity index (χ2n) is 5.50. The van der Waals surface area contributed by atoms with Crippen LogP contribution in [0.1, 0.15) is 23.5 Å². The van der Waals surface area contributed by atoms with Crippen molar-refractivity contribution < 1.29 is 19.0 Å². The van der Waals surface area contributed by atoms with Gasteiger partial charge in [-0.15, -0.1) is 11.3 Å². The Balaban J connectivity index is 2.31. The minimum Gasteiger partial charge on any atom is -0.495 e. The average molecular weight is 356 g/mol. The minimum absolute atomic E-state index is 0.191. The van der Waals surface area contributed by atoms with Crippen LogP contribution in [0.5, 0.6) is 11.5 Å². The fraction of sp³-hybridized carbons (Fsp3) is 0.278. The fourth-order valence-electron chi connectivity index (χ4n) is 2.55. The van der Waals surface area contributed by atoms with Crippen molar-refractivity contribution in [3.63, 3.8) is 0 Å². The van der Waals surface area contributed by atoms with Crippen LogP contribution in [0.15, 0.2) is 24.3 Å². The van der Waals surface area contributed by atoms with Crippen LogP contribution in [-0.4, -0.2) is 30.8 Å². The van der Waals surface area contributed by atoms with E-state index in [0.717, 1.165) is 10.9 Å². The van der Waals surface area contributed by atoms with Crippen LogP contribution in [0.25, 0.3) is 21.1 Å². The third-order valence-corrected chi connectivity index (χ3v) is 4.50. The number of hydrogen-bond acceptors (Lipinski definition) is 7. The monoisotopic (exact) mass is 356 g/mol. The first-order chi connectivity index (χ1) is 12.1. The number of carbonyl (C=O) groups excluding carboxylic acids is 1. The number of pyridine rings is 1. The molecule has 0 saturated heterocycles. The van der Waals surface area contributed by atoms with E-state index in [1.807, 2.05) is 30.3 Å². The lowest BCUT2D eigenvalue weighted by Gasteiger charge is -2.10. The smallest absolute Gasteiger partial charge is 0.352 e. The molecule has 0 fully saturated rings. The maximum atomic E-state index is 12.5. The van der Waals surface area contributed by atoms with Gasteiger partial charge in [0.25, 0.3) is 0 Å². The molecule has 0 spiro atoms. The lowest BCUT2D eigenvalue weighted by atomic mass is 10.1. The second kappa shape index (κ2) is 6.95. The van der Waals surface area contributed by atoms with Gasteiger partial charge in [-0.3, -0.25) is 0 Å². The first kappa shape index (κ1) is 17.0. The summed E-state index contributed by atoms with van der Waals surface area (Å²) in [5.41, 5.74) is 0.753. The molecule has 128 valence electrons. The van der Waals surface area contributed by atoms with Crippen LogP contribution in [0.3, 0.4) is 0 Å². The highest BCUT2D eigenvalue weighted by atomic mass is 32.1. The van der Waals surface area contributed by atoms with Crippen LogP contribution in [0.2, 0.25) is 0 Å². The Bertz CT molecular complexity index is 988. The zero-order valence-corrected chi connectivity index (χ0v) is 14.8. The van der Waals surface area contributed by atoms with E-state index in [0.29, 0.717) is 16.0 Å². The topological polar surface area (TPSA) is 81.4 Å². The van der Waals surface area contributed by atoms with Crippen molar-refractivity contribution >= 4 is 38.4 Å². The van der Waals surface area contributed by atoms with Gasteiger partial charge in [-0.05, 0) is 26.0 Å². The molecule has 2 aromatic heterocycles. The molecule has 0 aliphatic rings. The molecule has 0 atom stereocenters. The van der Waals surface area contributed by atoms with Crippen LogP contribution in [-0.2, 0) is 4.74 Å². The normalized spacial score (nSPS) is 10.8. The molecule has 1 aromatic carbocycles. The second-order valence-corrected chi connectivity index (χ2v) is 6.50. The molecular formula is C18H16N2O4S. The van der Waals surface area contributed by atoms with Gasteiger partial charge in [0.05, 0.1) is 24.1 Å². The van der Waals surface area contributed by atoms with Gasteiger partial charge in [0, 0.05) is 5.39 Å². The summed E-state index contributed by atoms with van der Waals surface area (Å²) in [6.07, 6.45) is -0.268. The number of nitrogens with zero attached hydrogens (tertiary/aromatic N) is 2. The summed E-state index contributed by atoms with van der Waals surface area (Å²) in [4.78, 5) is 17.9. The van der Waals surface area contributed by atoms with Crippen molar-refractivity contribution in [1.29, 1.82) is 5.26 Å². The van der Waals surface area contributed by atoms with E-state index in [2.05, 4.69) is 4.98 Å². The third kappa shape index (κ3) is 3.08. The molecule has 0 unspecified atom stereocenters. The molecule has 7 heteroatoms. The maximum Gasteiger partial charge on any atom is 0.352 e. The zero-order valence-electron chi connectivity index (χ0n) is 14.0. The van der Waals surface area contributed by atoms with Gasteiger partial charge in [0.15, 0.2) is 17.2 Å². The summed E-state index contributed by atoms with van der Waals surface area (Å²) in [5, 5.41) is 10.3. The number of fused-ring (bicyclic) bond motifs is 2. The SMILES string of the molecule is COc1c2ccccc2nc2sc(C(=O)OC(C)C)c(OCC#N)c12. The molecule has 2 heterocycles. The van der Waals surface area contributed by atoms with Gasteiger partial charge in [-0.25, -0.2) is 9.78 Å². The number of ether oxygens (including phenoxy) is 3. The third-order valence-electron chi connectivity index (χ3n) is 3.46. The van der Waals surface area contributed by atoms with Gasteiger partial charge in [0.2, 0.25) is 0 Å². The molecule has 0 saturated carbocycles. The number of methoxy groups -OCH3 is 1. The Morgan fingerprint density at radius 2 is 2.08 bits per heavy atom. The van der Waals surface area contributed by atoms with Crippen molar-refractivity contribution in [2.75, 3.05) is 13.7 Å². The molecule has 0 amide bonds. The largest absolute Gasteiger partial charge is 0.495 e. The molecular weight excluding hydrogens is 340 g/mol. The van der Waals surface area contributed by atoms with Gasteiger partial charge in [-0.2, -0.15) is 5.26 Å². The fourth-order valence-corrected chi connectivity index (χ4v) is 3.56. The van der Waals surface area contributed by atoms with E-state index in [1.165, 1.54) is 11.3 Å². The Morgan fingerprint density at radius 3 is 2.76 bits per heavy atom. The summed E-state index contributed by atoms with van der Waals surface area (Å²) in [6.45, 7) is 3.35. The van der Waals surface area contributed by atoms with E-state index in [1.54, 1.807) is 21.0 Å². The Labute approximate surface area is 148 Å². The zero-order chi connectivity index (χ0) is 18.0. The minimum atomic E-state index is -0.503. The first-order valence-electron chi connectivity index (χ1n) is 7.66. The van der Waals surface area contributed by atoms with E-state index in [-0.39, 0.29) is 23.3 Å². The van der Waals surface area contributed by atoms with E-state index >= 15 is 0 Å². The number of aromatic nitrogens is 1. The summed E-state index contributed by atoms with van der Waals surface area (Å²) >= 11 is 1.17. The van der Waals surface area contributed by atoms with E-state index in [9.17, 15) is 4.79 Å². The number of carbonyl (C=O) groups is 1. The molecule has 0 radical (unpaired) electrons. The molecule has 25 heavy (non-hydrogen) atoms. The van der Waals surface area contributed by atoms with Gasteiger partial charge < -0.3 is 14.2 Å². The molecule has 0 N–H and O–H groups in total. The quantitative estimate of drug-likeness (QED) is 0.644. The van der Waals surface area contributed by atoms with E-state index in [4.69, 9.17) is 19.5 Å². The van der Waals surface area contributed by atoms with Gasteiger partial charge >= 0.3 is 5.97 Å². The Hall–Kier alpha value is -2.85. The molecule has 0 bridgehead atoms. The number of thiophene rings is 1. The van der Waals surface area contributed by atoms with Crippen LogP contribution in [0.4, 0.5) is 0 Å². The maximum absolute atomic E-state index is 12.5. The molecule has 6 nitrogen and oxygen atoms in total. The first-order valence-corrected chi connectivity index (χ1v) is 8.48. The molecule has 3 aromatic rings. The molecule has 3 rings (SSSR count). The van der Waals surface area contributed by atoms with Crippen molar-refractivity contribution in [3.8, 4) is 17.6 Å². The predicted octanol–water partition coefficient (Wildman–Crippen LogP) is 3.93. The van der Waals surface area contributed by atoms with Crippen molar-refractivity contribution in [1.82, 2.24) is 4.98 Å². The predicted molar refractivity (Wildman–Crippen MR) is 95.3 cm³/mol. The number of para-hydroxylation sites is 1. The van der Waals surface area contributed by atoms with Crippen LogP contribution in [0, 0.1) is 11.3 Å². The number of rotatable bonds is 5. The van der Waals surface area contributed by atoms with Crippen molar-refractivity contribution in [2.45, 2.75) is 20.0 Å². The molecule has 0 aliphatic carbocycles. The summed E-state index contributed by atoms with van der Waals surface area (Å²) < 4.78 is 16.4. The standard InChI is InChI=1S/C18H16N2O4S/c1-10(2)24-18(21)16-15(23-9-8-19)13-14(22-3)11-6-4-5-7-12(11)20-17(13)25-16/h4-7,10H,9H2,1-3H3. The molecule has 0 aliphatic heterocycles. The number of hydrogen-bond donors (Lipinski definition) is 0. The lowest BCUT2D eigenvalue weighted by Crippen LogP contribution is -2.11. The van der Waals surface area contributed by atoms with E-state index < -0.39 is 5.97 Å². The number of esters is 1. The summed E-state index contributed by atoms with van der Waals surface area (Å²) in [5.74, 6) is 0.340. The lowest BCUT2D eigenvalue weighted by molar-refractivity contribution is 0.0380. The highest BCUT2D eigenvalue weighted by molar-refractivity contribution is 7.21. The van der Waals surface area contributed by atoms with Gasteiger partial charge in [0.1, 0.15) is 16.6 Å². The van der Waals surface area contributed by atoms with Crippen LogP contribution < -0.4 is 9.47 Å². The Kier molecular flexibility index (Phi) is 4.72. The summed E-state index contributed by atoms with van der Waals surface area (Å²) in [7, 11) is 1.55. The number of nitriles is 1. The van der Waals surface area contributed by atoms with Gasteiger partial charge in [-0.1, -0.05) is 12.1 Å². The highest BCUT2D eigenvalue weighted by Crippen LogP contribution is 2.45. The summed E-state index contributed by atoms with van der Waals surface area (Å²) in [6, 6.07) is 9.45. The van der Waals surface area contributed by atoms with Crippen molar-refractivity contribution in [2.24, 2.45) is 0 Å². The Morgan fingerprint density at radius 1 is 1.32 bits per heavy atom. The highest BCUT2D eigenvalue weighted by Gasteiger charge is 2.26.